The van der Waals surface area contributed by atoms with Crippen molar-refractivity contribution in [3.8, 4) is 0 Å². The van der Waals surface area contributed by atoms with E-state index >= 15 is 0 Å². The van der Waals surface area contributed by atoms with Gasteiger partial charge in [-0.05, 0) is 6.92 Å². The highest BCUT2D eigenvalue weighted by Gasteiger charge is 2.07. The molecule has 0 spiro atoms. The third-order valence-electron chi connectivity index (χ3n) is 2.66. The number of benzene rings is 1. The van der Waals surface area contributed by atoms with Crippen molar-refractivity contribution in [2.45, 2.75) is 13.3 Å². The van der Waals surface area contributed by atoms with Crippen LogP contribution in [0.2, 0.25) is 0 Å². The summed E-state index contributed by atoms with van der Waals surface area (Å²) in [6.07, 6.45) is 1.53. The Kier molecular flexibility index (Phi) is 4.43. The molecule has 1 aromatic carbocycles. The van der Waals surface area contributed by atoms with Gasteiger partial charge >= 0.3 is 6.03 Å². The number of H-pyrrole nitrogens is 1. The Labute approximate surface area is 115 Å². The number of hydrogen-bond donors (Lipinski definition) is 3. The molecule has 1 heterocycles. The number of amides is 2. The number of aryl methyl sites for hydroxylation is 1. The summed E-state index contributed by atoms with van der Waals surface area (Å²) in [5, 5.41) is 11.1. The minimum Gasteiger partial charge on any atom is -0.337 e. The maximum Gasteiger partial charge on any atom is 0.321 e. The summed E-state index contributed by atoms with van der Waals surface area (Å²) in [5.74, 6) is 0.248. The van der Waals surface area contributed by atoms with Gasteiger partial charge in [-0.15, -0.1) is 0 Å². The number of aromatic nitrogens is 3. The fourth-order valence-electron chi connectivity index (χ4n) is 1.59. The van der Waals surface area contributed by atoms with E-state index in [0.29, 0.717) is 5.56 Å². The van der Waals surface area contributed by atoms with Gasteiger partial charge in [0.15, 0.2) is 5.78 Å². The lowest BCUT2D eigenvalue weighted by Gasteiger charge is -2.05. The molecule has 0 aliphatic rings. The van der Waals surface area contributed by atoms with E-state index in [2.05, 4.69) is 25.8 Å². The van der Waals surface area contributed by atoms with Crippen LogP contribution in [-0.2, 0) is 0 Å². The minimum absolute atomic E-state index is 0.00929. The van der Waals surface area contributed by atoms with Crippen LogP contribution < -0.4 is 10.6 Å². The largest absolute Gasteiger partial charge is 0.337 e. The summed E-state index contributed by atoms with van der Waals surface area (Å²) >= 11 is 0. The van der Waals surface area contributed by atoms with E-state index < -0.39 is 6.03 Å². The highest BCUT2D eigenvalue weighted by molar-refractivity contribution is 5.96. The van der Waals surface area contributed by atoms with Crippen molar-refractivity contribution in [3.63, 3.8) is 0 Å². The number of Topliss-reactive ketones (excluding diaryl/α,β-unsaturated/α-hetero) is 1. The van der Waals surface area contributed by atoms with Gasteiger partial charge in [-0.1, -0.05) is 29.8 Å². The second-order valence-corrected chi connectivity index (χ2v) is 4.25. The quantitative estimate of drug-likeness (QED) is 0.719. The molecule has 3 N–H and O–H groups in total. The average Bonchev–Trinajstić information content (AvgIpc) is 2.92. The fraction of sp³-hybridized carbons (Fsp3) is 0.231. The molecule has 104 valence electrons. The number of nitrogens with one attached hydrogen (secondary N) is 3. The molecule has 0 fully saturated rings. The molecule has 7 nitrogen and oxygen atoms in total. The molecule has 0 aliphatic heterocycles. The molecule has 0 saturated heterocycles. The first kappa shape index (κ1) is 13.7. The topological polar surface area (TPSA) is 99.8 Å². The lowest BCUT2D eigenvalue weighted by atomic mass is 10.1. The number of rotatable bonds is 5. The Hall–Kier alpha value is -2.70. The van der Waals surface area contributed by atoms with Crippen LogP contribution in [0.3, 0.4) is 0 Å². The van der Waals surface area contributed by atoms with E-state index in [-0.39, 0.29) is 24.7 Å². The van der Waals surface area contributed by atoms with Crippen molar-refractivity contribution in [2.75, 3.05) is 11.9 Å². The van der Waals surface area contributed by atoms with Crippen LogP contribution in [0.1, 0.15) is 22.3 Å². The van der Waals surface area contributed by atoms with Crippen molar-refractivity contribution in [3.05, 3.63) is 41.7 Å². The number of carbonyl (C=O) groups excluding carboxylic acids is 2. The highest BCUT2D eigenvalue weighted by Crippen LogP contribution is 2.05. The van der Waals surface area contributed by atoms with Crippen molar-refractivity contribution < 1.29 is 9.59 Å². The van der Waals surface area contributed by atoms with E-state index in [1.165, 1.54) is 6.33 Å². The Balaban J connectivity index is 1.74. The van der Waals surface area contributed by atoms with Crippen molar-refractivity contribution >= 4 is 17.8 Å². The first-order chi connectivity index (χ1) is 9.65. The second-order valence-electron chi connectivity index (χ2n) is 4.25. The molecule has 0 aliphatic carbocycles. The predicted molar refractivity (Wildman–Crippen MR) is 73.5 cm³/mol. The number of aromatic amines is 1. The fourth-order valence-corrected chi connectivity index (χ4v) is 1.59. The molecule has 7 heteroatoms. The number of urea groups is 1. The number of ketones is 1. The Morgan fingerprint density at radius 2 is 2.00 bits per heavy atom. The van der Waals surface area contributed by atoms with Gasteiger partial charge in [-0.25, -0.2) is 9.89 Å². The summed E-state index contributed by atoms with van der Waals surface area (Å²) in [6.45, 7) is 2.22. The molecule has 0 unspecified atom stereocenters. The van der Waals surface area contributed by atoms with Crippen LogP contribution in [0.25, 0.3) is 0 Å². The lowest BCUT2D eigenvalue weighted by Crippen LogP contribution is -2.31. The number of carbonyl (C=O) groups is 2. The van der Waals surface area contributed by atoms with Gasteiger partial charge in [-0.2, -0.15) is 10.1 Å². The lowest BCUT2D eigenvalue weighted by molar-refractivity contribution is 0.0984. The van der Waals surface area contributed by atoms with Gasteiger partial charge in [-0.3, -0.25) is 10.1 Å². The maximum absolute atomic E-state index is 11.9. The molecule has 0 bridgehead atoms. The first-order valence-corrected chi connectivity index (χ1v) is 6.15. The zero-order valence-corrected chi connectivity index (χ0v) is 11.0. The second kappa shape index (κ2) is 6.46. The molecule has 0 saturated carbocycles. The van der Waals surface area contributed by atoms with Crippen LogP contribution in [0.15, 0.2) is 30.6 Å². The molecule has 0 atom stereocenters. The number of hydrogen-bond acceptors (Lipinski definition) is 4. The molecule has 2 amide bonds. The predicted octanol–water partition coefficient (Wildman–Crippen LogP) is 1.51. The average molecular weight is 273 g/mol. The van der Waals surface area contributed by atoms with Crippen LogP contribution in [0, 0.1) is 6.92 Å². The van der Waals surface area contributed by atoms with E-state index in [1.54, 1.807) is 12.1 Å². The summed E-state index contributed by atoms with van der Waals surface area (Å²) in [5.41, 5.74) is 1.75. The van der Waals surface area contributed by atoms with Crippen LogP contribution in [0.4, 0.5) is 10.7 Å². The smallest absolute Gasteiger partial charge is 0.321 e. The maximum atomic E-state index is 11.9. The molecule has 1 aromatic heterocycles. The summed E-state index contributed by atoms with van der Waals surface area (Å²) in [4.78, 5) is 27.1. The molecule has 0 radical (unpaired) electrons. The first-order valence-electron chi connectivity index (χ1n) is 6.15. The van der Waals surface area contributed by atoms with E-state index in [4.69, 9.17) is 0 Å². The Bertz CT molecular complexity index is 577. The van der Waals surface area contributed by atoms with E-state index in [1.807, 2.05) is 19.1 Å². The summed E-state index contributed by atoms with van der Waals surface area (Å²) in [7, 11) is 0. The van der Waals surface area contributed by atoms with Gasteiger partial charge in [0, 0.05) is 18.5 Å². The molecular formula is C13H15N5O2. The van der Waals surface area contributed by atoms with Crippen LogP contribution in [-0.4, -0.2) is 33.5 Å². The summed E-state index contributed by atoms with van der Waals surface area (Å²) in [6, 6.07) is 6.91. The Morgan fingerprint density at radius 3 is 2.65 bits per heavy atom. The standard InChI is InChI=1S/C13H15N5O2/c1-9-2-4-10(5-3-9)11(19)6-7-14-13(20)17-12-15-8-16-18-12/h2-5,8H,6-7H2,1H3,(H3,14,15,16,17,18,20). The number of nitrogens with zero attached hydrogens (tertiary/aromatic N) is 2. The van der Waals surface area contributed by atoms with E-state index in [0.717, 1.165) is 5.56 Å². The van der Waals surface area contributed by atoms with Crippen molar-refractivity contribution in [1.29, 1.82) is 0 Å². The zero-order valence-electron chi connectivity index (χ0n) is 11.0. The van der Waals surface area contributed by atoms with Crippen LogP contribution >= 0.6 is 0 Å². The van der Waals surface area contributed by atoms with Gasteiger partial charge in [0.1, 0.15) is 6.33 Å². The summed E-state index contributed by atoms with van der Waals surface area (Å²) < 4.78 is 0. The van der Waals surface area contributed by atoms with Gasteiger partial charge < -0.3 is 5.32 Å². The number of anilines is 1. The van der Waals surface area contributed by atoms with Crippen LogP contribution in [0.5, 0.6) is 0 Å². The van der Waals surface area contributed by atoms with Gasteiger partial charge in [0.2, 0.25) is 5.95 Å². The van der Waals surface area contributed by atoms with Crippen molar-refractivity contribution in [1.82, 2.24) is 20.5 Å². The highest BCUT2D eigenvalue weighted by atomic mass is 16.2. The zero-order chi connectivity index (χ0) is 14.4. The molecule has 2 rings (SSSR count). The van der Waals surface area contributed by atoms with Crippen molar-refractivity contribution in [2.24, 2.45) is 0 Å². The minimum atomic E-state index is -0.432. The van der Waals surface area contributed by atoms with E-state index in [9.17, 15) is 9.59 Å². The SMILES string of the molecule is Cc1ccc(C(=O)CCNC(=O)Nc2ncn[nH]2)cc1. The Morgan fingerprint density at radius 1 is 1.25 bits per heavy atom. The molecule has 20 heavy (non-hydrogen) atoms. The van der Waals surface area contributed by atoms with Gasteiger partial charge in [0.05, 0.1) is 0 Å². The normalized spacial score (nSPS) is 10.1. The third-order valence-corrected chi connectivity index (χ3v) is 2.66. The monoisotopic (exact) mass is 273 g/mol. The third kappa shape index (κ3) is 3.91. The molecule has 2 aromatic rings. The van der Waals surface area contributed by atoms with Gasteiger partial charge in [0.25, 0.3) is 0 Å². The molecular weight excluding hydrogens is 258 g/mol.